The van der Waals surface area contributed by atoms with Gasteiger partial charge in [-0.25, -0.2) is 4.79 Å². The summed E-state index contributed by atoms with van der Waals surface area (Å²) in [5, 5.41) is 12.4. The molecule has 2 aliphatic heterocycles. The molecule has 2 aliphatic rings. The lowest BCUT2D eigenvalue weighted by atomic mass is 9.91. The number of amides is 4. The Morgan fingerprint density at radius 1 is 1.35 bits per heavy atom. The first-order valence-corrected chi connectivity index (χ1v) is 8.89. The Hall–Kier alpha value is -2.41. The van der Waals surface area contributed by atoms with E-state index in [-0.39, 0.29) is 18.4 Å². The minimum atomic E-state index is -1.17. The van der Waals surface area contributed by atoms with Crippen molar-refractivity contribution in [3.63, 3.8) is 0 Å². The van der Waals surface area contributed by atoms with Crippen LogP contribution in [0.5, 0.6) is 0 Å². The van der Waals surface area contributed by atoms with Crippen molar-refractivity contribution in [2.75, 3.05) is 19.6 Å². The van der Waals surface area contributed by atoms with Crippen molar-refractivity contribution in [3.05, 3.63) is 35.4 Å². The highest BCUT2D eigenvalue weighted by atomic mass is 16.3. The molecule has 3 atom stereocenters. The first kappa shape index (κ1) is 18.4. The highest BCUT2D eigenvalue weighted by molar-refractivity contribution is 6.09. The molecule has 2 N–H and O–H groups in total. The number of nitrogens with zero attached hydrogens (tertiary/aromatic N) is 2. The van der Waals surface area contributed by atoms with E-state index in [2.05, 4.69) is 5.32 Å². The summed E-state index contributed by atoms with van der Waals surface area (Å²) in [6.45, 7) is 6.02. The van der Waals surface area contributed by atoms with E-state index in [9.17, 15) is 19.5 Å². The van der Waals surface area contributed by atoms with E-state index in [1.165, 1.54) is 0 Å². The van der Waals surface area contributed by atoms with Gasteiger partial charge in [0.05, 0.1) is 6.10 Å². The number of carbonyl (C=O) groups excluding carboxylic acids is 3. The molecule has 4 amide bonds. The van der Waals surface area contributed by atoms with Crippen LogP contribution in [-0.4, -0.2) is 58.5 Å². The monoisotopic (exact) mass is 359 g/mol. The number of likely N-dealkylation sites (tertiary alicyclic amines) is 1. The number of urea groups is 1. The lowest BCUT2D eigenvalue weighted by Crippen LogP contribution is -2.44. The third kappa shape index (κ3) is 3.19. The number of hydrogen-bond donors (Lipinski definition) is 2. The fraction of sp³-hybridized carbons (Fsp3) is 0.526. The summed E-state index contributed by atoms with van der Waals surface area (Å²) in [4.78, 5) is 40.3. The van der Waals surface area contributed by atoms with Crippen molar-refractivity contribution < 1.29 is 19.5 Å². The molecule has 1 aromatic carbocycles. The minimum absolute atomic E-state index is 0.0416. The number of aryl methyl sites for hydroxylation is 1. The van der Waals surface area contributed by atoms with Crippen LogP contribution in [0.3, 0.4) is 0 Å². The average Bonchev–Trinajstić information content (AvgIpc) is 3.16. The lowest BCUT2D eigenvalue weighted by molar-refractivity contribution is -0.138. The van der Waals surface area contributed by atoms with Crippen LogP contribution in [0.2, 0.25) is 0 Å². The number of aliphatic hydroxyl groups is 1. The zero-order chi connectivity index (χ0) is 19.1. The van der Waals surface area contributed by atoms with Gasteiger partial charge in [-0.1, -0.05) is 29.8 Å². The maximum Gasteiger partial charge on any atom is 0.325 e. The number of benzene rings is 1. The first-order chi connectivity index (χ1) is 12.2. The number of imide groups is 1. The number of hydrogen-bond acceptors (Lipinski definition) is 4. The Morgan fingerprint density at radius 3 is 2.58 bits per heavy atom. The fourth-order valence-electron chi connectivity index (χ4n) is 3.57. The van der Waals surface area contributed by atoms with Crippen LogP contribution < -0.4 is 5.32 Å². The van der Waals surface area contributed by atoms with Crippen LogP contribution in [0.15, 0.2) is 24.3 Å². The molecule has 0 bridgehead atoms. The second kappa shape index (κ2) is 6.72. The molecule has 2 heterocycles. The SMILES string of the molecule is Cc1ccc([C@]2(C)NC(=O)N(CC(=O)N3CC[C@H]([C@@H](C)O)C3)C2=O)cc1. The molecule has 1 aromatic rings. The van der Waals surface area contributed by atoms with E-state index >= 15 is 0 Å². The van der Waals surface area contributed by atoms with Crippen LogP contribution in [0.25, 0.3) is 0 Å². The molecule has 2 fully saturated rings. The highest BCUT2D eigenvalue weighted by Gasteiger charge is 2.49. The molecule has 0 aromatic heterocycles. The van der Waals surface area contributed by atoms with Gasteiger partial charge in [-0.2, -0.15) is 0 Å². The first-order valence-electron chi connectivity index (χ1n) is 8.89. The normalized spacial score (nSPS) is 27.0. The Balaban J connectivity index is 1.71. The van der Waals surface area contributed by atoms with Gasteiger partial charge in [0.15, 0.2) is 0 Å². The van der Waals surface area contributed by atoms with E-state index in [1.807, 2.05) is 31.2 Å². The summed E-state index contributed by atoms with van der Waals surface area (Å²) >= 11 is 0. The van der Waals surface area contributed by atoms with Crippen molar-refractivity contribution in [1.82, 2.24) is 15.1 Å². The van der Waals surface area contributed by atoms with Crippen LogP contribution in [-0.2, 0) is 15.1 Å². The van der Waals surface area contributed by atoms with Crippen molar-refractivity contribution in [2.24, 2.45) is 5.92 Å². The number of nitrogens with one attached hydrogen (secondary N) is 1. The molecule has 0 saturated carbocycles. The molecule has 0 spiro atoms. The third-order valence-corrected chi connectivity index (χ3v) is 5.46. The van der Waals surface area contributed by atoms with Gasteiger partial charge in [0.1, 0.15) is 12.1 Å². The van der Waals surface area contributed by atoms with Crippen LogP contribution in [0.4, 0.5) is 4.79 Å². The van der Waals surface area contributed by atoms with Gasteiger partial charge in [0.2, 0.25) is 5.91 Å². The molecule has 0 aliphatic carbocycles. The standard InChI is InChI=1S/C19H25N3O4/c1-12-4-6-15(7-5-12)19(3)17(25)22(18(26)20-19)11-16(24)21-9-8-14(10-21)13(2)23/h4-7,13-14,23H,8-11H2,1-3H3,(H,20,26)/t13-,14+,19+/m1/s1. The predicted octanol–water partition coefficient (Wildman–Crippen LogP) is 0.991. The summed E-state index contributed by atoms with van der Waals surface area (Å²) in [5.74, 6) is -0.657. The molecule has 0 radical (unpaired) electrons. The molecule has 3 rings (SSSR count). The summed E-state index contributed by atoms with van der Waals surface area (Å²) in [5.41, 5.74) is 0.577. The topological polar surface area (TPSA) is 90.0 Å². The third-order valence-electron chi connectivity index (χ3n) is 5.46. The van der Waals surface area contributed by atoms with Gasteiger partial charge >= 0.3 is 6.03 Å². The van der Waals surface area contributed by atoms with Gasteiger partial charge < -0.3 is 15.3 Å². The van der Waals surface area contributed by atoms with Gasteiger partial charge in [-0.3, -0.25) is 14.5 Å². The molecule has 7 nitrogen and oxygen atoms in total. The quantitative estimate of drug-likeness (QED) is 0.785. The summed E-state index contributed by atoms with van der Waals surface area (Å²) in [6, 6.07) is 6.83. The second-order valence-electron chi connectivity index (χ2n) is 7.44. The van der Waals surface area contributed by atoms with Crippen molar-refractivity contribution in [1.29, 1.82) is 0 Å². The zero-order valence-corrected chi connectivity index (χ0v) is 15.4. The Kier molecular flexibility index (Phi) is 4.75. The Bertz CT molecular complexity index is 731. The predicted molar refractivity (Wildman–Crippen MR) is 95.1 cm³/mol. The van der Waals surface area contributed by atoms with Crippen molar-refractivity contribution in [2.45, 2.75) is 38.8 Å². The fourth-order valence-corrected chi connectivity index (χ4v) is 3.57. The summed E-state index contributed by atoms with van der Waals surface area (Å²) < 4.78 is 0. The Labute approximate surface area is 153 Å². The molecule has 7 heteroatoms. The van der Waals surface area contributed by atoms with E-state index in [4.69, 9.17) is 0 Å². The van der Waals surface area contributed by atoms with Crippen LogP contribution in [0.1, 0.15) is 31.4 Å². The van der Waals surface area contributed by atoms with E-state index in [1.54, 1.807) is 18.7 Å². The molecule has 140 valence electrons. The molecule has 26 heavy (non-hydrogen) atoms. The van der Waals surface area contributed by atoms with Gasteiger partial charge in [-0.15, -0.1) is 0 Å². The largest absolute Gasteiger partial charge is 0.393 e. The zero-order valence-electron chi connectivity index (χ0n) is 15.4. The maximum atomic E-state index is 12.9. The second-order valence-corrected chi connectivity index (χ2v) is 7.44. The summed E-state index contributed by atoms with van der Waals surface area (Å²) in [6.07, 6.45) is 0.249. The molecule has 0 unspecified atom stereocenters. The molecular formula is C19H25N3O4. The maximum absolute atomic E-state index is 12.9. The van der Waals surface area contributed by atoms with Gasteiger partial charge in [-0.05, 0) is 32.8 Å². The number of aliphatic hydroxyl groups excluding tert-OH is 1. The average molecular weight is 359 g/mol. The van der Waals surface area contributed by atoms with E-state index in [0.717, 1.165) is 16.9 Å². The van der Waals surface area contributed by atoms with Gasteiger partial charge in [0.25, 0.3) is 5.91 Å². The van der Waals surface area contributed by atoms with Crippen LogP contribution >= 0.6 is 0 Å². The molecule has 2 saturated heterocycles. The number of carbonyl (C=O) groups is 3. The van der Waals surface area contributed by atoms with Crippen molar-refractivity contribution >= 4 is 17.8 Å². The smallest absolute Gasteiger partial charge is 0.325 e. The van der Waals surface area contributed by atoms with Crippen molar-refractivity contribution in [3.8, 4) is 0 Å². The highest BCUT2D eigenvalue weighted by Crippen LogP contribution is 2.29. The minimum Gasteiger partial charge on any atom is -0.393 e. The Morgan fingerprint density at radius 2 is 2.00 bits per heavy atom. The van der Waals surface area contributed by atoms with Gasteiger partial charge in [0, 0.05) is 19.0 Å². The van der Waals surface area contributed by atoms with E-state index < -0.39 is 23.6 Å². The number of rotatable bonds is 4. The summed E-state index contributed by atoms with van der Waals surface area (Å²) in [7, 11) is 0. The molecular weight excluding hydrogens is 334 g/mol. The lowest BCUT2D eigenvalue weighted by Gasteiger charge is -2.23. The van der Waals surface area contributed by atoms with E-state index in [0.29, 0.717) is 18.7 Å². The van der Waals surface area contributed by atoms with Crippen LogP contribution in [0, 0.1) is 12.8 Å².